The molecule has 2 heteroatoms. The fourth-order valence-corrected chi connectivity index (χ4v) is 3.74. The molecule has 4 rings (SSSR count). The van der Waals surface area contributed by atoms with Gasteiger partial charge in [0.15, 0.2) is 11.5 Å². The van der Waals surface area contributed by atoms with E-state index in [2.05, 4.69) is 66.7 Å². The summed E-state index contributed by atoms with van der Waals surface area (Å²) in [5.41, 5.74) is 5.78. The van der Waals surface area contributed by atoms with Crippen molar-refractivity contribution >= 4 is 0 Å². The third-order valence-electron chi connectivity index (χ3n) is 5.33. The predicted molar refractivity (Wildman–Crippen MR) is 127 cm³/mol. The molecule has 0 atom stereocenters. The zero-order chi connectivity index (χ0) is 21.3. The molecule has 4 aromatic rings. The predicted octanol–water partition coefficient (Wildman–Crippen LogP) is 6.92. The molecule has 4 aromatic carbocycles. The second-order valence-electron chi connectivity index (χ2n) is 7.55. The van der Waals surface area contributed by atoms with Crippen molar-refractivity contribution < 1.29 is 9.47 Å². The zero-order valence-corrected chi connectivity index (χ0v) is 17.9. The summed E-state index contributed by atoms with van der Waals surface area (Å²) >= 11 is 0. The van der Waals surface area contributed by atoms with Gasteiger partial charge in [-0.2, -0.15) is 0 Å². The Balaban J connectivity index is 1.61. The Kier molecular flexibility index (Phi) is 7.02. The fraction of sp³-hybridized carbons (Fsp3) is 0.172. The van der Waals surface area contributed by atoms with Crippen molar-refractivity contribution in [2.75, 3.05) is 7.11 Å². The summed E-state index contributed by atoms with van der Waals surface area (Å²) in [7, 11) is 1.71. The Morgan fingerprint density at radius 3 is 1.97 bits per heavy atom. The van der Waals surface area contributed by atoms with Gasteiger partial charge in [-0.05, 0) is 53.1 Å². The van der Waals surface area contributed by atoms with Gasteiger partial charge in [-0.15, -0.1) is 0 Å². The van der Waals surface area contributed by atoms with Crippen LogP contribution in [0, 0.1) is 6.07 Å². The summed E-state index contributed by atoms with van der Waals surface area (Å²) in [6.45, 7) is 0.482. The molecule has 0 N–H and O–H groups in total. The van der Waals surface area contributed by atoms with Crippen LogP contribution in [-0.4, -0.2) is 7.11 Å². The highest BCUT2D eigenvalue weighted by atomic mass is 16.5. The summed E-state index contributed by atoms with van der Waals surface area (Å²) in [5, 5.41) is 0. The molecule has 0 aliphatic rings. The Morgan fingerprint density at radius 1 is 0.710 bits per heavy atom. The maximum atomic E-state index is 6.20. The third-order valence-corrected chi connectivity index (χ3v) is 5.33. The Hall–Kier alpha value is -3.52. The van der Waals surface area contributed by atoms with Gasteiger partial charge in [0, 0.05) is 6.07 Å². The Bertz CT molecular complexity index is 1070. The van der Waals surface area contributed by atoms with Crippen LogP contribution in [0.4, 0.5) is 0 Å². The van der Waals surface area contributed by atoms with Crippen molar-refractivity contribution in [3.63, 3.8) is 0 Å². The third kappa shape index (κ3) is 5.55. The van der Waals surface area contributed by atoms with Gasteiger partial charge in [-0.3, -0.25) is 0 Å². The number of hydrogen-bond donors (Lipinski definition) is 0. The van der Waals surface area contributed by atoms with E-state index in [0.29, 0.717) is 12.4 Å². The first kappa shape index (κ1) is 20.7. The van der Waals surface area contributed by atoms with E-state index in [1.165, 1.54) is 5.56 Å². The Labute approximate surface area is 185 Å². The van der Waals surface area contributed by atoms with Crippen molar-refractivity contribution in [1.82, 2.24) is 0 Å². The second kappa shape index (κ2) is 10.5. The largest absolute Gasteiger partial charge is 0.493 e. The minimum atomic E-state index is 0.482. The van der Waals surface area contributed by atoms with Crippen molar-refractivity contribution in [3.05, 3.63) is 120 Å². The first-order chi connectivity index (χ1) is 15.3. The van der Waals surface area contributed by atoms with Gasteiger partial charge in [0.05, 0.1) is 7.11 Å². The van der Waals surface area contributed by atoms with Crippen LogP contribution in [0.5, 0.6) is 11.5 Å². The number of benzene rings is 4. The van der Waals surface area contributed by atoms with Gasteiger partial charge in [-0.1, -0.05) is 91.0 Å². The van der Waals surface area contributed by atoms with Crippen LogP contribution in [0.1, 0.15) is 23.1 Å². The monoisotopic (exact) mass is 407 g/mol. The summed E-state index contributed by atoms with van der Waals surface area (Å²) in [6.07, 6.45) is 2.98. The number of ether oxygens (including phenoxy) is 2. The molecule has 0 aliphatic heterocycles. The summed E-state index contributed by atoms with van der Waals surface area (Å²) in [6, 6.07) is 36.8. The smallest absolute Gasteiger partial charge is 0.170 e. The molecule has 0 aliphatic carbocycles. The summed E-state index contributed by atoms with van der Waals surface area (Å²) < 4.78 is 12.0. The van der Waals surface area contributed by atoms with Crippen LogP contribution >= 0.6 is 0 Å². The number of methoxy groups -OCH3 is 1. The van der Waals surface area contributed by atoms with E-state index in [1.807, 2.05) is 36.4 Å². The first-order valence-corrected chi connectivity index (χ1v) is 10.7. The lowest BCUT2D eigenvalue weighted by Gasteiger charge is -2.17. The topological polar surface area (TPSA) is 18.5 Å². The standard InChI is InChI=1S/C29H27O2/c1-30-29-26(19-11-16-23-12-5-2-6-13-23)20-27(25-17-9-4-10-18-25)21-28(29)31-22-24-14-7-3-8-15-24/h2-10,12-15,17-18,20H,11,16,19,22H2,1H3. The Morgan fingerprint density at radius 2 is 1.32 bits per heavy atom. The molecule has 0 heterocycles. The lowest BCUT2D eigenvalue weighted by atomic mass is 9.97. The minimum Gasteiger partial charge on any atom is -0.493 e. The molecule has 0 fully saturated rings. The molecule has 0 aromatic heterocycles. The average Bonchev–Trinajstić information content (AvgIpc) is 2.84. The van der Waals surface area contributed by atoms with E-state index in [4.69, 9.17) is 9.47 Å². The van der Waals surface area contributed by atoms with E-state index in [9.17, 15) is 0 Å². The van der Waals surface area contributed by atoms with Gasteiger partial charge < -0.3 is 9.47 Å². The van der Waals surface area contributed by atoms with Crippen molar-refractivity contribution in [1.29, 1.82) is 0 Å². The molecule has 0 saturated heterocycles. The molecule has 0 amide bonds. The van der Waals surface area contributed by atoms with E-state index in [0.717, 1.165) is 47.3 Å². The van der Waals surface area contributed by atoms with Crippen molar-refractivity contribution in [3.8, 4) is 22.6 Å². The molecule has 1 radical (unpaired) electrons. The molecule has 0 spiro atoms. The highest BCUT2D eigenvalue weighted by Gasteiger charge is 2.15. The first-order valence-electron chi connectivity index (χ1n) is 10.7. The highest BCUT2D eigenvalue weighted by molar-refractivity contribution is 5.68. The molecule has 0 unspecified atom stereocenters. The minimum absolute atomic E-state index is 0.482. The fourth-order valence-electron chi connectivity index (χ4n) is 3.74. The lowest BCUT2D eigenvalue weighted by molar-refractivity contribution is 0.282. The van der Waals surface area contributed by atoms with Gasteiger partial charge in [0.1, 0.15) is 6.61 Å². The van der Waals surface area contributed by atoms with Gasteiger partial charge in [-0.25, -0.2) is 0 Å². The molecule has 31 heavy (non-hydrogen) atoms. The molecule has 155 valence electrons. The summed E-state index contributed by atoms with van der Waals surface area (Å²) in [4.78, 5) is 0. The molecular formula is C29H27O2. The van der Waals surface area contributed by atoms with Gasteiger partial charge in [0.2, 0.25) is 0 Å². The van der Waals surface area contributed by atoms with E-state index in [-0.39, 0.29) is 0 Å². The van der Waals surface area contributed by atoms with Gasteiger partial charge >= 0.3 is 0 Å². The number of hydrogen-bond acceptors (Lipinski definition) is 2. The zero-order valence-electron chi connectivity index (χ0n) is 17.9. The maximum absolute atomic E-state index is 6.20. The van der Waals surface area contributed by atoms with E-state index in [1.54, 1.807) is 7.11 Å². The molecular weight excluding hydrogens is 380 g/mol. The van der Waals surface area contributed by atoms with Gasteiger partial charge in [0.25, 0.3) is 0 Å². The normalized spacial score (nSPS) is 10.6. The number of aryl methyl sites for hydroxylation is 2. The number of rotatable bonds is 9. The van der Waals surface area contributed by atoms with Crippen molar-refractivity contribution in [2.24, 2.45) is 0 Å². The van der Waals surface area contributed by atoms with Crippen molar-refractivity contribution in [2.45, 2.75) is 25.9 Å². The van der Waals surface area contributed by atoms with Crippen LogP contribution in [0.3, 0.4) is 0 Å². The average molecular weight is 408 g/mol. The molecule has 0 bridgehead atoms. The van der Waals surface area contributed by atoms with E-state index >= 15 is 0 Å². The SMILES string of the molecule is COc1c(OCc2ccccc2)[c]c(-c2ccccc2)cc1CCCc1ccccc1. The highest BCUT2D eigenvalue weighted by Crippen LogP contribution is 2.37. The molecule has 0 saturated carbocycles. The second-order valence-corrected chi connectivity index (χ2v) is 7.55. The molecule has 2 nitrogen and oxygen atoms in total. The van der Waals surface area contributed by atoms with Crippen LogP contribution in [-0.2, 0) is 19.4 Å². The summed E-state index contributed by atoms with van der Waals surface area (Å²) in [5.74, 6) is 1.45. The van der Waals surface area contributed by atoms with E-state index < -0.39 is 0 Å². The quantitative estimate of drug-likeness (QED) is 0.300. The van der Waals surface area contributed by atoms with Crippen LogP contribution in [0.15, 0.2) is 97.1 Å². The maximum Gasteiger partial charge on any atom is 0.170 e. The van der Waals surface area contributed by atoms with Crippen LogP contribution in [0.2, 0.25) is 0 Å². The van der Waals surface area contributed by atoms with Crippen LogP contribution in [0.25, 0.3) is 11.1 Å². The van der Waals surface area contributed by atoms with Crippen LogP contribution < -0.4 is 9.47 Å². The lowest BCUT2D eigenvalue weighted by Crippen LogP contribution is -2.02.